The zero-order valence-corrected chi connectivity index (χ0v) is 12.1. The van der Waals surface area contributed by atoms with Gasteiger partial charge in [0.15, 0.2) is 0 Å². The Labute approximate surface area is 113 Å². The number of fused-ring (bicyclic) bond motifs is 1. The summed E-state index contributed by atoms with van der Waals surface area (Å²) in [5, 5.41) is 0. The van der Waals surface area contributed by atoms with Crippen LogP contribution in [0.4, 0.5) is 5.69 Å². The molecule has 0 saturated heterocycles. The Morgan fingerprint density at radius 3 is 2.47 bits per heavy atom. The lowest BCUT2D eigenvalue weighted by Crippen LogP contribution is -2.03. The summed E-state index contributed by atoms with van der Waals surface area (Å²) >= 11 is 0.678. The van der Waals surface area contributed by atoms with Crippen LogP contribution in [0.5, 0.6) is 0 Å². The molecule has 2 rings (SSSR count). The average Bonchev–Trinajstić information content (AvgIpc) is 2.71. The first-order valence-corrected chi connectivity index (χ1v) is 8.97. The van der Waals surface area contributed by atoms with Gasteiger partial charge >= 0.3 is 0 Å². The largest absolute Gasteiger partial charge is 0.398 e. The van der Waals surface area contributed by atoms with Gasteiger partial charge in [-0.3, -0.25) is 4.55 Å². The van der Waals surface area contributed by atoms with Crippen LogP contribution in [-0.4, -0.2) is 32.1 Å². The monoisotopic (exact) mass is 322 g/mol. The number of rotatable bonds is 3. The Hall–Kier alpha value is -1.23. The highest BCUT2D eigenvalue weighted by molar-refractivity contribution is 7.93. The van der Waals surface area contributed by atoms with Gasteiger partial charge < -0.3 is 5.73 Å². The molecule has 1 heterocycles. The maximum absolute atomic E-state index is 11.7. The molecular weight excluding hydrogens is 312 g/mol. The third kappa shape index (κ3) is 2.43. The fraction of sp³-hybridized carbons (Fsp3) is 0.222. The molecule has 0 aliphatic rings. The summed E-state index contributed by atoms with van der Waals surface area (Å²) < 4.78 is 55.0. The van der Waals surface area contributed by atoms with E-state index in [4.69, 9.17) is 10.3 Å². The van der Waals surface area contributed by atoms with Crippen LogP contribution in [0.3, 0.4) is 0 Å². The van der Waals surface area contributed by atoms with Crippen LogP contribution in [0.2, 0.25) is 0 Å². The molecule has 0 fully saturated rings. The fourth-order valence-electron chi connectivity index (χ4n) is 1.49. The number of sulfone groups is 1. The molecule has 10 heteroatoms. The smallest absolute Gasteiger partial charge is 0.298 e. The number of hydrogen-bond donors (Lipinski definition) is 2. The van der Waals surface area contributed by atoms with E-state index >= 15 is 0 Å². The van der Waals surface area contributed by atoms with Crippen molar-refractivity contribution in [2.45, 2.75) is 16.2 Å². The summed E-state index contributed by atoms with van der Waals surface area (Å²) in [6.45, 7) is 1.46. The van der Waals surface area contributed by atoms with Gasteiger partial charge in [0.2, 0.25) is 14.2 Å². The minimum absolute atomic E-state index is 0.0366. The number of nitrogens with two attached hydrogens (primary N) is 1. The molecule has 1 aromatic heterocycles. The predicted octanol–water partition coefficient (Wildman–Crippen LogP) is 0.919. The van der Waals surface area contributed by atoms with Crippen LogP contribution < -0.4 is 5.73 Å². The highest BCUT2D eigenvalue weighted by Gasteiger charge is 2.24. The molecule has 0 radical (unpaired) electrons. The van der Waals surface area contributed by atoms with Gasteiger partial charge in [-0.2, -0.15) is 8.42 Å². The molecule has 104 valence electrons. The number of thiazole rings is 1. The summed E-state index contributed by atoms with van der Waals surface area (Å²) in [5.41, 5.74) is 5.53. The van der Waals surface area contributed by atoms with Crippen molar-refractivity contribution in [3.05, 3.63) is 12.1 Å². The van der Waals surface area contributed by atoms with E-state index in [1.807, 2.05) is 0 Å². The molecule has 19 heavy (non-hydrogen) atoms. The average molecular weight is 322 g/mol. The van der Waals surface area contributed by atoms with Gasteiger partial charge in [-0.25, -0.2) is 13.4 Å². The molecule has 0 spiro atoms. The van der Waals surface area contributed by atoms with E-state index in [1.165, 1.54) is 19.1 Å². The molecule has 0 amide bonds. The molecule has 0 unspecified atom stereocenters. The number of aromatic nitrogens is 1. The normalized spacial score (nSPS) is 12.9. The molecular formula is C9H10N2O5S3. The molecule has 0 atom stereocenters. The van der Waals surface area contributed by atoms with Crippen LogP contribution in [0, 0.1) is 0 Å². The minimum atomic E-state index is -4.55. The predicted molar refractivity (Wildman–Crippen MR) is 71.6 cm³/mol. The Morgan fingerprint density at radius 1 is 1.32 bits per heavy atom. The second-order valence-electron chi connectivity index (χ2n) is 3.69. The van der Waals surface area contributed by atoms with E-state index in [0.717, 1.165) is 0 Å². The van der Waals surface area contributed by atoms with Crippen LogP contribution in [0.1, 0.15) is 6.92 Å². The number of anilines is 1. The first kappa shape index (κ1) is 14.2. The summed E-state index contributed by atoms with van der Waals surface area (Å²) in [4.78, 5) is 3.37. The van der Waals surface area contributed by atoms with Crippen LogP contribution in [0.15, 0.2) is 21.4 Å². The first-order valence-electron chi connectivity index (χ1n) is 5.06. The van der Waals surface area contributed by atoms with Gasteiger partial charge in [0, 0.05) is 0 Å². The van der Waals surface area contributed by atoms with E-state index in [2.05, 4.69) is 4.98 Å². The van der Waals surface area contributed by atoms with Crippen molar-refractivity contribution in [2.75, 3.05) is 11.5 Å². The molecule has 0 bridgehead atoms. The number of hydrogen-bond acceptors (Lipinski definition) is 7. The van der Waals surface area contributed by atoms with E-state index in [1.54, 1.807) is 0 Å². The summed E-state index contributed by atoms with van der Waals surface area (Å²) in [6, 6.07) is 2.66. The number of nitrogens with zero attached hydrogens (tertiary/aromatic N) is 1. The molecule has 7 nitrogen and oxygen atoms in total. The molecule has 0 saturated carbocycles. The van der Waals surface area contributed by atoms with Crippen molar-refractivity contribution >= 4 is 47.2 Å². The van der Waals surface area contributed by atoms with Crippen molar-refractivity contribution in [2.24, 2.45) is 0 Å². The van der Waals surface area contributed by atoms with E-state index < -0.39 is 24.9 Å². The van der Waals surface area contributed by atoms with Crippen LogP contribution >= 0.6 is 11.3 Å². The van der Waals surface area contributed by atoms with Crippen molar-refractivity contribution in [1.29, 1.82) is 0 Å². The minimum Gasteiger partial charge on any atom is -0.398 e. The number of benzene rings is 1. The van der Waals surface area contributed by atoms with Gasteiger partial charge in [0.05, 0.1) is 21.7 Å². The zero-order chi connectivity index (χ0) is 14.4. The Balaban J connectivity index is 2.89. The molecule has 1 aromatic carbocycles. The maximum Gasteiger partial charge on any atom is 0.298 e. The summed E-state index contributed by atoms with van der Waals surface area (Å²) in [7, 11) is -8.09. The van der Waals surface area contributed by atoms with Crippen molar-refractivity contribution in [3.8, 4) is 0 Å². The lowest BCUT2D eigenvalue weighted by atomic mass is 10.3. The van der Waals surface area contributed by atoms with Gasteiger partial charge in [-0.15, -0.1) is 11.3 Å². The van der Waals surface area contributed by atoms with Gasteiger partial charge in [0.25, 0.3) is 10.1 Å². The van der Waals surface area contributed by atoms with Crippen molar-refractivity contribution in [1.82, 2.24) is 4.98 Å². The van der Waals surface area contributed by atoms with Crippen LogP contribution in [-0.2, 0) is 20.0 Å². The quantitative estimate of drug-likeness (QED) is 0.635. The Bertz CT molecular complexity index is 851. The van der Waals surface area contributed by atoms with E-state index in [0.29, 0.717) is 11.3 Å². The maximum atomic E-state index is 11.7. The third-order valence-corrected chi connectivity index (χ3v) is 6.79. The fourth-order valence-corrected chi connectivity index (χ4v) is 4.97. The molecule has 2 aromatic rings. The SMILES string of the molecule is CCS(=O)(=O)c1nc2ccc(N)c(S(=O)(=O)O)c2s1. The van der Waals surface area contributed by atoms with E-state index in [9.17, 15) is 16.8 Å². The van der Waals surface area contributed by atoms with Crippen molar-refractivity contribution in [3.63, 3.8) is 0 Å². The van der Waals surface area contributed by atoms with Gasteiger partial charge in [0.1, 0.15) is 4.90 Å². The van der Waals surface area contributed by atoms with Crippen LogP contribution in [0.25, 0.3) is 10.2 Å². The first-order chi connectivity index (χ1) is 8.66. The third-order valence-electron chi connectivity index (χ3n) is 2.43. The van der Waals surface area contributed by atoms with Gasteiger partial charge in [-0.05, 0) is 12.1 Å². The Morgan fingerprint density at radius 2 is 1.95 bits per heavy atom. The summed E-state index contributed by atoms with van der Waals surface area (Å²) in [6.07, 6.45) is 0. The lowest BCUT2D eigenvalue weighted by Gasteiger charge is -2.01. The molecule has 0 aliphatic heterocycles. The second-order valence-corrected chi connectivity index (χ2v) is 8.50. The zero-order valence-electron chi connectivity index (χ0n) is 9.69. The summed E-state index contributed by atoms with van der Waals surface area (Å²) in [5.74, 6) is -0.149. The number of nitrogen functional groups attached to an aromatic ring is 1. The standard InChI is InChI=1S/C9H10N2O5S3/c1-2-18(12,13)9-11-6-4-3-5(10)8(7(6)17-9)19(14,15)16/h3-4H,2,10H2,1H3,(H,14,15,16). The highest BCUT2D eigenvalue weighted by atomic mass is 32.2. The van der Waals surface area contributed by atoms with E-state index in [-0.39, 0.29) is 26.0 Å². The highest BCUT2D eigenvalue weighted by Crippen LogP contribution is 2.34. The van der Waals surface area contributed by atoms with Gasteiger partial charge in [-0.1, -0.05) is 6.92 Å². The Kier molecular flexibility index (Phi) is 3.29. The topological polar surface area (TPSA) is 127 Å². The van der Waals surface area contributed by atoms with Crippen molar-refractivity contribution < 1.29 is 21.4 Å². The second kappa shape index (κ2) is 4.40. The molecule has 0 aliphatic carbocycles. The molecule has 3 N–H and O–H groups in total. The lowest BCUT2D eigenvalue weighted by molar-refractivity contribution is 0.484.